The molecule has 5 nitrogen and oxygen atoms in total. The minimum absolute atomic E-state index is 0.00710. The molecule has 1 heterocycles. The van der Waals surface area contributed by atoms with E-state index in [0.29, 0.717) is 18.6 Å². The fourth-order valence-electron chi connectivity index (χ4n) is 1.81. The first kappa shape index (κ1) is 14.3. The molecule has 0 aliphatic heterocycles. The zero-order valence-electron chi connectivity index (χ0n) is 11.1. The number of nitrogens with zero attached hydrogens (tertiary/aromatic N) is 1. The van der Waals surface area contributed by atoms with Crippen LogP contribution in [0.4, 0.5) is 0 Å². The normalized spacial score (nSPS) is 10.2. The van der Waals surface area contributed by atoms with Crippen LogP contribution in [0.15, 0.2) is 6.20 Å². The van der Waals surface area contributed by atoms with Gasteiger partial charge in [-0.1, -0.05) is 6.92 Å². The van der Waals surface area contributed by atoms with Crippen LogP contribution in [0.1, 0.15) is 25.1 Å². The third-order valence-electron chi connectivity index (χ3n) is 2.62. The number of carbonyl (C=O) groups is 2. The van der Waals surface area contributed by atoms with Crippen LogP contribution in [0.5, 0.6) is 5.75 Å². The Balaban J connectivity index is 2.96. The van der Waals surface area contributed by atoms with E-state index in [0.717, 1.165) is 17.7 Å². The van der Waals surface area contributed by atoms with Crippen molar-refractivity contribution in [3.8, 4) is 5.75 Å². The minimum Gasteiger partial charge on any atom is -0.484 e. The van der Waals surface area contributed by atoms with Crippen molar-refractivity contribution in [2.75, 3.05) is 13.2 Å². The molecule has 1 rings (SSSR count). The van der Waals surface area contributed by atoms with Gasteiger partial charge in [0.2, 0.25) is 0 Å². The zero-order valence-corrected chi connectivity index (χ0v) is 11.1. The number of aromatic nitrogens is 1. The number of esters is 1. The van der Waals surface area contributed by atoms with E-state index in [9.17, 15) is 9.59 Å². The summed E-state index contributed by atoms with van der Waals surface area (Å²) < 4.78 is 12.2. The Morgan fingerprint density at radius 1 is 1.44 bits per heavy atom. The van der Waals surface area contributed by atoms with Crippen LogP contribution < -0.4 is 4.74 Å². The minimum atomic E-state index is -0.294. The van der Waals surface area contributed by atoms with Gasteiger partial charge in [-0.25, -0.2) is 0 Å². The average Bonchev–Trinajstić information content (AvgIpc) is 2.64. The maximum Gasteiger partial charge on any atom is 0.311 e. The van der Waals surface area contributed by atoms with Crippen LogP contribution in [0.25, 0.3) is 0 Å². The molecule has 0 saturated carbocycles. The number of aryl methyl sites for hydroxylation is 2. The number of carbonyl (C=O) groups excluding carboxylic acids is 2. The molecule has 1 aromatic rings. The molecule has 0 aliphatic rings. The van der Waals surface area contributed by atoms with Gasteiger partial charge in [-0.2, -0.15) is 0 Å². The Morgan fingerprint density at radius 3 is 2.72 bits per heavy atom. The highest BCUT2D eigenvalue weighted by Crippen LogP contribution is 2.27. The van der Waals surface area contributed by atoms with Gasteiger partial charge >= 0.3 is 5.97 Å². The van der Waals surface area contributed by atoms with Crippen LogP contribution >= 0.6 is 0 Å². The second-order valence-electron chi connectivity index (χ2n) is 3.85. The molecule has 0 radical (unpaired) electrons. The monoisotopic (exact) mass is 253 g/mol. The molecule has 18 heavy (non-hydrogen) atoms. The second-order valence-corrected chi connectivity index (χ2v) is 3.85. The number of aldehydes is 1. The van der Waals surface area contributed by atoms with Crippen molar-refractivity contribution in [2.45, 2.75) is 26.7 Å². The van der Waals surface area contributed by atoms with Crippen LogP contribution in [-0.2, 0) is 34.2 Å². The highest BCUT2D eigenvalue weighted by atomic mass is 16.5. The molecule has 0 atom stereocenters. The Labute approximate surface area is 107 Å². The van der Waals surface area contributed by atoms with Crippen LogP contribution in [0.2, 0.25) is 0 Å². The standard InChI is InChI=1S/C13H19NO4/c1-4-10-9-14(3)11(8-12(16)17-5-2)13(10)18-7-6-15/h6,9H,4-5,7-8H2,1-3H3. The lowest BCUT2D eigenvalue weighted by molar-refractivity contribution is -0.142. The highest BCUT2D eigenvalue weighted by molar-refractivity contribution is 5.73. The molecule has 0 unspecified atom stereocenters. The zero-order chi connectivity index (χ0) is 13.5. The summed E-state index contributed by atoms with van der Waals surface area (Å²) in [6.07, 6.45) is 3.54. The van der Waals surface area contributed by atoms with Crippen molar-refractivity contribution < 1.29 is 19.1 Å². The highest BCUT2D eigenvalue weighted by Gasteiger charge is 2.18. The number of hydrogen-bond donors (Lipinski definition) is 0. The average molecular weight is 253 g/mol. The molecular weight excluding hydrogens is 234 g/mol. The van der Waals surface area contributed by atoms with Crippen molar-refractivity contribution in [1.29, 1.82) is 0 Å². The van der Waals surface area contributed by atoms with Gasteiger partial charge in [0.15, 0.2) is 6.29 Å². The summed E-state index contributed by atoms with van der Waals surface area (Å²) in [5.41, 5.74) is 1.73. The van der Waals surface area contributed by atoms with E-state index in [4.69, 9.17) is 9.47 Å². The lowest BCUT2D eigenvalue weighted by atomic mass is 10.2. The molecule has 5 heteroatoms. The topological polar surface area (TPSA) is 57.5 Å². The van der Waals surface area contributed by atoms with Gasteiger partial charge in [-0.3, -0.25) is 9.59 Å². The van der Waals surface area contributed by atoms with Gasteiger partial charge in [0, 0.05) is 18.8 Å². The molecule has 0 aromatic carbocycles. The number of rotatable bonds is 7. The maximum absolute atomic E-state index is 11.5. The first-order chi connectivity index (χ1) is 8.63. The summed E-state index contributed by atoms with van der Waals surface area (Å²) in [4.78, 5) is 21.9. The van der Waals surface area contributed by atoms with E-state index in [-0.39, 0.29) is 19.0 Å². The van der Waals surface area contributed by atoms with Crippen LogP contribution in [0, 0.1) is 0 Å². The van der Waals surface area contributed by atoms with Crippen molar-refractivity contribution in [1.82, 2.24) is 4.57 Å². The SMILES string of the molecule is CCOC(=O)Cc1c(OCC=O)c(CC)cn1C. The van der Waals surface area contributed by atoms with Crippen molar-refractivity contribution in [3.05, 3.63) is 17.5 Å². The number of hydrogen-bond acceptors (Lipinski definition) is 4. The Hall–Kier alpha value is -1.78. The first-order valence-corrected chi connectivity index (χ1v) is 6.03. The van der Waals surface area contributed by atoms with Gasteiger partial charge in [0.05, 0.1) is 18.7 Å². The fraction of sp³-hybridized carbons (Fsp3) is 0.538. The molecule has 0 N–H and O–H groups in total. The van der Waals surface area contributed by atoms with Crippen LogP contribution in [0.3, 0.4) is 0 Å². The third kappa shape index (κ3) is 3.35. The molecule has 1 aromatic heterocycles. The number of ether oxygens (including phenoxy) is 2. The molecule has 0 fully saturated rings. The van der Waals surface area contributed by atoms with E-state index in [1.165, 1.54) is 0 Å². The van der Waals surface area contributed by atoms with E-state index < -0.39 is 0 Å². The van der Waals surface area contributed by atoms with Gasteiger partial charge in [-0.15, -0.1) is 0 Å². The summed E-state index contributed by atoms with van der Waals surface area (Å²) in [5.74, 6) is 0.331. The Bertz CT molecular complexity index is 423. The predicted octanol–water partition coefficient (Wildman–Crippen LogP) is 1.27. The molecule has 100 valence electrons. The summed E-state index contributed by atoms with van der Waals surface area (Å²) in [5, 5.41) is 0. The van der Waals surface area contributed by atoms with Crippen molar-refractivity contribution >= 4 is 12.3 Å². The van der Waals surface area contributed by atoms with Gasteiger partial charge in [0.25, 0.3) is 0 Å². The molecule has 0 aliphatic carbocycles. The van der Waals surface area contributed by atoms with E-state index in [1.807, 2.05) is 24.7 Å². The quantitative estimate of drug-likeness (QED) is 0.542. The molecule has 0 bridgehead atoms. The smallest absolute Gasteiger partial charge is 0.311 e. The predicted molar refractivity (Wildman–Crippen MR) is 66.7 cm³/mol. The van der Waals surface area contributed by atoms with Crippen molar-refractivity contribution in [3.63, 3.8) is 0 Å². The lowest BCUT2D eigenvalue weighted by Gasteiger charge is -2.08. The van der Waals surface area contributed by atoms with E-state index in [1.54, 1.807) is 6.92 Å². The fourth-order valence-corrected chi connectivity index (χ4v) is 1.81. The van der Waals surface area contributed by atoms with Gasteiger partial charge in [-0.05, 0) is 13.3 Å². The molecule has 0 saturated heterocycles. The van der Waals surface area contributed by atoms with Gasteiger partial charge < -0.3 is 14.0 Å². The largest absolute Gasteiger partial charge is 0.484 e. The molecule has 0 spiro atoms. The maximum atomic E-state index is 11.5. The van der Waals surface area contributed by atoms with E-state index >= 15 is 0 Å². The van der Waals surface area contributed by atoms with Crippen molar-refractivity contribution in [2.24, 2.45) is 7.05 Å². The van der Waals surface area contributed by atoms with Gasteiger partial charge in [0.1, 0.15) is 12.4 Å². The summed E-state index contributed by atoms with van der Waals surface area (Å²) in [6.45, 7) is 4.11. The summed E-state index contributed by atoms with van der Waals surface area (Å²) in [7, 11) is 1.85. The Morgan fingerprint density at radius 2 is 2.17 bits per heavy atom. The second kappa shape index (κ2) is 6.83. The van der Waals surface area contributed by atoms with Crippen LogP contribution in [-0.4, -0.2) is 30.0 Å². The third-order valence-corrected chi connectivity index (χ3v) is 2.62. The molecule has 0 amide bonds. The lowest BCUT2D eigenvalue weighted by Crippen LogP contribution is -2.12. The first-order valence-electron chi connectivity index (χ1n) is 6.03. The van der Waals surface area contributed by atoms with E-state index in [2.05, 4.69) is 0 Å². The summed E-state index contributed by atoms with van der Waals surface area (Å²) in [6, 6.07) is 0. The molecular formula is C13H19NO4. The Kier molecular flexibility index (Phi) is 5.42. The summed E-state index contributed by atoms with van der Waals surface area (Å²) >= 11 is 0.